The van der Waals surface area contributed by atoms with Gasteiger partial charge in [-0.15, -0.1) is 0 Å². The number of nitrogens with one attached hydrogen (secondary N) is 1. The molecule has 3 aromatic rings. The van der Waals surface area contributed by atoms with Gasteiger partial charge in [0.25, 0.3) is 0 Å². The molecular formula is C21H22BNO5. The highest BCUT2D eigenvalue weighted by atomic mass is 16.5. The van der Waals surface area contributed by atoms with Gasteiger partial charge in [-0.1, -0.05) is 30.3 Å². The van der Waals surface area contributed by atoms with Crippen molar-refractivity contribution in [3.05, 3.63) is 65.4 Å². The molecule has 28 heavy (non-hydrogen) atoms. The Morgan fingerprint density at radius 3 is 2.93 bits per heavy atom. The molecular weight excluding hydrogens is 357 g/mol. The van der Waals surface area contributed by atoms with E-state index in [9.17, 15) is 14.8 Å². The molecule has 1 aliphatic heterocycles. The normalized spacial score (nSPS) is 14.2. The zero-order valence-corrected chi connectivity index (χ0v) is 15.4. The molecule has 2 heterocycles. The Bertz CT molecular complexity index is 984. The minimum absolute atomic E-state index is 0.145. The lowest BCUT2D eigenvalue weighted by Gasteiger charge is -2.19. The molecule has 1 atom stereocenters. The van der Waals surface area contributed by atoms with Gasteiger partial charge in [-0.25, -0.2) is 0 Å². The summed E-state index contributed by atoms with van der Waals surface area (Å²) in [6.07, 6.45) is 3.98. The molecule has 1 aromatic heterocycles. The molecule has 1 aliphatic rings. The smallest absolute Gasteiger partial charge is 0.475 e. The highest BCUT2D eigenvalue weighted by Crippen LogP contribution is 2.26. The number of aryl methyl sites for hydroxylation is 1. The van der Waals surface area contributed by atoms with E-state index in [-0.39, 0.29) is 18.7 Å². The van der Waals surface area contributed by atoms with Gasteiger partial charge in [0.05, 0.1) is 25.2 Å². The number of hydrogen-bond acceptors (Lipinski definition) is 5. The highest BCUT2D eigenvalue weighted by molar-refractivity contribution is 6.43. The number of ether oxygens (including phenoxy) is 1. The molecule has 0 bridgehead atoms. The van der Waals surface area contributed by atoms with Crippen molar-refractivity contribution in [2.75, 3.05) is 6.61 Å². The summed E-state index contributed by atoms with van der Waals surface area (Å²) in [7, 11) is -1.68. The van der Waals surface area contributed by atoms with Crippen LogP contribution in [0.1, 0.15) is 23.1 Å². The van der Waals surface area contributed by atoms with Gasteiger partial charge in [0, 0.05) is 5.39 Å². The number of fused-ring (bicyclic) bond motifs is 2. The fraction of sp³-hybridized carbons (Fsp3) is 0.286. The number of furan rings is 1. The number of para-hydroxylation sites is 1. The molecule has 1 amide bonds. The van der Waals surface area contributed by atoms with Crippen LogP contribution in [0.5, 0.6) is 5.75 Å². The third-order valence-corrected chi connectivity index (χ3v) is 5.05. The van der Waals surface area contributed by atoms with Crippen LogP contribution in [0.4, 0.5) is 0 Å². The highest BCUT2D eigenvalue weighted by Gasteiger charge is 2.27. The second-order valence-corrected chi connectivity index (χ2v) is 7.12. The quantitative estimate of drug-likeness (QED) is 0.570. The standard InChI is InChI=1S/C21H22BNO5/c24-21(11-14-7-8-15-4-3-9-27-19(15)10-14)23-20(22(25)26)12-16-13-28-18-6-2-1-5-17(16)18/h1-2,5-8,10,13,20,25-26H,3-4,9,11-12H2,(H,23,24)/t20-/m0/s1. The summed E-state index contributed by atoms with van der Waals surface area (Å²) in [5, 5.41) is 23.1. The van der Waals surface area contributed by atoms with E-state index in [1.165, 1.54) is 0 Å². The first-order valence-electron chi connectivity index (χ1n) is 9.45. The lowest BCUT2D eigenvalue weighted by molar-refractivity contribution is -0.120. The summed E-state index contributed by atoms with van der Waals surface area (Å²) >= 11 is 0. The van der Waals surface area contributed by atoms with Crippen LogP contribution in [-0.4, -0.2) is 35.6 Å². The van der Waals surface area contributed by atoms with E-state index in [4.69, 9.17) is 9.15 Å². The fourth-order valence-electron chi connectivity index (χ4n) is 3.60. The van der Waals surface area contributed by atoms with Crippen molar-refractivity contribution in [3.63, 3.8) is 0 Å². The lowest BCUT2D eigenvalue weighted by atomic mass is 9.75. The van der Waals surface area contributed by atoms with Crippen LogP contribution < -0.4 is 10.1 Å². The third-order valence-electron chi connectivity index (χ3n) is 5.05. The van der Waals surface area contributed by atoms with E-state index in [2.05, 4.69) is 5.32 Å². The summed E-state index contributed by atoms with van der Waals surface area (Å²) in [6, 6.07) is 13.3. The first-order valence-corrected chi connectivity index (χ1v) is 9.45. The predicted molar refractivity (Wildman–Crippen MR) is 106 cm³/mol. The van der Waals surface area contributed by atoms with Crippen molar-refractivity contribution < 1.29 is 24.0 Å². The van der Waals surface area contributed by atoms with Crippen molar-refractivity contribution in [2.45, 2.75) is 31.6 Å². The van der Waals surface area contributed by atoms with Crippen LogP contribution in [-0.2, 0) is 24.1 Å². The van der Waals surface area contributed by atoms with Gasteiger partial charge in [-0.05, 0) is 48.1 Å². The van der Waals surface area contributed by atoms with E-state index in [1.807, 2.05) is 42.5 Å². The molecule has 2 aromatic carbocycles. The number of carbonyl (C=O) groups excluding carboxylic acids is 1. The summed E-state index contributed by atoms with van der Waals surface area (Å²) < 4.78 is 11.1. The van der Waals surface area contributed by atoms with Crippen molar-refractivity contribution in [1.82, 2.24) is 5.32 Å². The number of benzene rings is 2. The molecule has 0 fully saturated rings. The molecule has 0 unspecified atom stereocenters. The molecule has 0 radical (unpaired) electrons. The summed E-state index contributed by atoms with van der Waals surface area (Å²) in [6.45, 7) is 0.695. The lowest BCUT2D eigenvalue weighted by Crippen LogP contribution is -2.48. The van der Waals surface area contributed by atoms with Gasteiger partial charge >= 0.3 is 7.12 Å². The Hall–Kier alpha value is -2.77. The van der Waals surface area contributed by atoms with E-state index in [0.29, 0.717) is 6.61 Å². The zero-order chi connectivity index (χ0) is 19.5. The van der Waals surface area contributed by atoms with Gasteiger partial charge in [0.1, 0.15) is 11.3 Å². The van der Waals surface area contributed by atoms with E-state index in [0.717, 1.165) is 46.3 Å². The largest absolute Gasteiger partial charge is 0.493 e. The second kappa shape index (κ2) is 8.08. The number of carbonyl (C=O) groups is 1. The molecule has 0 aliphatic carbocycles. The SMILES string of the molecule is O=C(Cc1ccc2c(c1)OCCC2)N[C@@H](Cc1coc2ccccc12)B(O)O. The number of amides is 1. The van der Waals surface area contributed by atoms with Gasteiger partial charge < -0.3 is 24.5 Å². The second-order valence-electron chi connectivity index (χ2n) is 7.12. The van der Waals surface area contributed by atoms with Gasteiger partial charge in [0.2, 0.25) is 5.91 Å². The average molecular weight is 379 g/mol. The maximum absolute atomic E-state index is 12.5. The molecule has 7 heteroatoms. The minimum atomic E-state index is -1.68. The summed E-state index contributed by atoms with van der Waals surface area (Å²) in [5.74, 6) is -0.274. The average Bonchev–Trinajstić information content (AvgIpc) is 3.10. The first kappa shape index (κ1) is 18.6. The third kappa shape index (κ3) is 4.05. The Labute approximate surface area is 163 Å². The van der Waals surface area contributed by atoms with Crippen LogP contribution >= 0.6 is 0 Å². The van der Waals surface area contributed by atoms with Crippen molar-refractivity contribution in [2.24, 2.45) is 0 Å². The summed E-state index contributed by atoms with van der Waals surface area (Å²) in [4.78, 5) is 12.5. The summed E-state index contributed by atoms with van der Waals surface area (Å²) in [5.41, 5.74) is 3.53. The van der Waals surface area contributed by atoms with Crippen LogP contribution in [0.3, 0.4) is 0 Å². The number of rotatable bonds is 6. The Morgan fingerprint density at radius 2 is 2.07 bits per heavy atom. The van der Waals surface area contributed by atoms with Crippen molar-refractivity contribution in [3.8, 4) is 5.75 Å². The Morgan fingerprint density at radius 1 is 1.21 bits per heavy atom. The van der Waals surface area contributed by atoms with Crippen LogP contribution in [0.2, 0.25) is 0 Å². The number of hydrogen-bond donors (Lipinski definition) is 3. The molecule has 4 rings (SSSR count). The monoisotopic (exact) mass is 379 g/mol. The van der Waals surface area contributed by atoms with Crippen LogP contribution in [0.25, 0.3) is 11.0 Å². The zero-order valence-electron chi connectivity index (χ0n) is 15.4. The molecule has 6 nitrogen and oxygen atoms in total. The molecule has 3 N–H and O–H groups in total. The van der Waals surface area contributed by atoms with Gasteiger partial charge in [0.15, 0.2) is 0 Å². The topological polar surface area (TPSA) is 91.9 Å². The van der Waals surface area contributed by atoms with Crippen LogP contribution in [0, 0.1) is 0 Å². The maximum Gasteiger partial charge on any atom is 0.475 e. The molecule has 0 saturated carbocycles. The molecule has 144 valence electrons. The van der Waals surface area contributed by atoms with Crippen LogP contribution in [0.15, 0.2) is 53.1 Å². The van der Waals surface area contributed by atoms with Crippen molar-refractivity contribution in [1.29, 1.82) is 0 Å². The molecule has 0 saturated heterocycles. The molecule has 0 spiro atoms. The minimum Gasteiger partial charge on any atom is -0.493 e. The van der Waals surface area contributed by atoms with Gasteiger partial charge in [-0.2, -0.15) is 0 Å². The Kier molecular flexibility index (Phi) is 5.37. The van der Waals surface area contributed by atoms with E-state index >= 15 is 0 Å². The first-order chi connectivity index (χ1) is 13.6. The Balaban J connectivity index is 1.43. The maximum atomic E-state index is 12.5. The van der Waals surface area contributed by atoms with Crippen molar-refractivity contribution >= 4 is 24.0 Å². The predicted octanol–water partition coefficient (Wildman–Crippen LogP) is 2.04. The van der Waals surface area contributed by atoms with E-state index in [1.54, 1.807) is 6.26 Å². The fourth-order valence-corrected chi connectivity index (χ4v) is 3.60. The van der Waals surface area contributed by atoms with Gasteiger partial charge in [-0.3, -0.25) is 4.79 Å². The van der Waals surface area contributed by atoms with E-state index < -0.39 is 13.1 Å².